The second-order valence-corrected chi connectivity index (χ2v) is 5.46. The Labute approximate surface area is 95.8 Å². The molecule has 90 valence electrons. The summed E-state index contributed by atoms with van der Waals surface area (Å²) in [6.07, 6.45) is 1.23. The van der Waals surface area contributed by atoms with Gasteiger partial charge in [-0.05, 0) is 18.6 Å². The van der Waals surface area contributed by atoms with Crippen LogP contribution in [-0.2, 0) is 0 Å². The molecule has 0 bridgehead atoms. The molecule has 4 nitrogen and oxygen atoms in total. The molecule has 1 atom stereocenters. The van der Waals surface area contributed by atoms with Crippen LogP contribution in [0.1, 0.15) is 26.7 Å². The number of nitrogens with two attached hydrogens (primary N) is 1. The van der Waals surface area contributed by atoms with Crippen molar-refractivity contribution in [2.45, 2.75) is 32.8 Å². The molecule has 0 saturated carbocycles. The normalized spacial score (nSPS) is 13.9. The summed E-state index contributed by atoms with van der Waals surface area (Å²) in [7, 11) is 0. The smallest absolute Gasteiger partial charge is 0.0963 e. The molecule has 0 saturated heterocycles. The van der Waals surface area contributed by atoms with E-state index in [0.29, 0.717) is 5.75 Å². The number of amidine groups is 1. The van der Waals surface area contributed by atoms with Gasteiger partial charge in [0.15, 0.2) is 0 Å². The fourth-order valence-corrected chi connectivity index (χ4v) is 1.92. The molecular weight excluding hydrogens is 212 g/mol. The average Bonchev–Trinajstić information content (AvgIpc) is 2.16. The van der Waals surface area contributed by atoms with E-state index in [0.717, 1.165) is 18.6 Å². The predicted molar refractivity (Wildman–Crippen MR) is 65.3 cm³/mol. The van der Waals surface area contributed by atoms with E-state index in [1.165, 1.54) is 0 Å². The van der Waals surface area contributed by atoms with Crippen LogP contribution in [0, 0.1) is 10.8 Å². The van der Waals surface area contributed by atoms with Gasteiger partial charge in [-0.25, -0.2) is 0 Å². The molecule has 0 aromatic carbocycles. The first-order chi connectivity index (χ1) is 6.90. The van der Waals surface area contributed by atoms with E-state index in [-0.39, 0.29) is 17.9 Å². The fraction of sp³-hybridized carbons (Fsp3) is 0.900. The van der Waals surface area contributed by atoms with E-state index in [1.54, 1.807) is 11.8 Å². The molecule has 5 heteroatoms. The van der Waals surface area contributed by atoms with Gasteiger partial charge in [0.25, 0.3) is 0 Å². The van der Waals surface area contributed by atoms with Crippen LogP contribution in [0.5, 0.6) is 0 Å². The second kappa shape index (κ2) is 7.09. The van der Waals surface area contributed by atoms with E-state index in [4.69, 9.17) is 21.4 Å². The number of nitrogens with one attached hydrogen (secondary N) is 1. The highest BCUT2D eigenvalue weighted by molar-refractivity contribution is 7.99. The Morgan fingerprint density at radius 2 is 2.13 bits per heavy atom. The average molecular weight is 234 g/mol. The molecule has 0 spiro atoms. The van der Waals surface area contributed by atoms with E-state index < -0.39 is 6.10 Å². The van der Waals surface area contributed by atoms with Crippen molar-refractivity contribution in [1.29, 1.82) is 5.41 Å². The number of hydrogen-bond acceptors (Lipinski definition) is 4. The van der Waals surface area contributed by atoms with Crippen molar-refractivity contribution in [3.63, 3.8) is 0 Å². The van der Waals surface area contributed by atoms with Gasteiger partial charge in [0.2, 0.25) is 0 Å². The summed E-state index contributed by atoms with van der Waals surface area (Å²) in [5, 5.41) is 25.0. The first kappa shape index (κ1) is 14.7. The Morgan fingerprint density at radius 3 is 2.60 bits per heavy atom. The maximum absolute atomic E-state index is 9.08. The molecular formula is C10H22N2O2S. The van der Waals surface area contributed by atoms with Crippen LogP contribution in [0.25, 0.3) is 0 Å². The standard InChI is InChI=1S/C10H22N2O2S/c1-10(2,9(11)12)4-3-5-15-7-8(14)6-13/h8,13-14H,3-7H2,1-2H3,(H3,11,12). The number of aliphatic hydroxyl groups is 2. The SMILES string of the molecule is CC(C)(CCCSCC(O)CO)C(=N)N. The van der Waals surface area contributed by atoms with Crippen molar-refractivity contribution in [2.75, 3.05) is 18.1 Å². The van der Waals surface area contributed by atoms with Gasteiger partial charge in [-0.15, -0.1) is 0 Å². The molecule has 0 aromatic heterocycles. The van der Waals surface area contributed by atoms with Gasteiger partial charge in [0.05, 0.1) is 18.5 Å². The molecule has 0 fully saturated rings. The molecule has 0 aliphatic rings. The Bertz CT molecular complexity index is 198. The summed E-state index contributed by atoms with van der Waals surface area (Å²) in [6.45, 7) is 3.75. The van der Waals surface area contributed by atoms with Gasteiger partial charge >= 0.3 is 0 Å². The van der Waals surface area contributed by atoms with Crippen LogP contribution in [0.3, 0.4) is 0 Å². The van der Waals surface area contributed by atoms with Gasteiger partial charge in [-0.1, -0.05) is 13.8 Å². The topological polar surface area (TPSA) is 90.3 Å². The lowest BCUT2D eigenvalue weighted by molar-refractivity contribution is 0.113. The molecule has 0 aliphatic heterocycles. The van der Waals surface area contributed by atoms with Gasteiger partial charge in [0.1, 0.15) is 0 Å². The van der Waals surface area contributed by atoms with Crippen molar-refractivity contribution in [2.24, 2.45) is 11.1 Å². The maximum atomic E-state index is 9.08. The van der Waals surface area contributed by atoms with E-state index in [9.17, 15) is 0 Å². The molecule has 15 heavy (non-hydrogen) atoms. The molecule has 0 rings (SSSR count). The Kier molecular flexibility index (Phi) is 6.96. The molecule has 0 radical (unpaired) electrons. The third-order valence-electron chi connectivity index (χ3n) is 2.34. The Hall–Kier alpha value is -0.260. The Morgan fingerprint density at radius 1 is 1.53 bits per heavy atom. The molecule has 5 N–H and O–H groups in total. The third kappa shape index (κ3) is 6.76. The lowest BCUT2D eigenvalue weighted by atomic mass is 9.87. The van der Waals surface area contributed by atoms with Crippen molar-refractivity contribution >= 4 is 17.6 Å². The number of rotatable bonds is 8. The van der Waals surface area contributed by atoms with Crippen LogP contribution < -0.4 is 5.73 Å². The quantitative estimate of drug-likeness (QED) is 0.284. The van der Waals surface area contributed by atoms with Crippen molar-refractivity contribution in [3.05, 3.63) is 0 Å². The van der Waals surface area contributed by atoms with Crippen molar-refractivity contribution in [1.82, 2.24) is 0 Å². The van der Waals surface area contributed by atoms with Gasteiger partial charge < -0.3 is 15.9 Å². The molecule has 0 heterocycles. The number of thioether (sulfide) groups is 1. The van der Waals surface area contributed by atoms with Crippen LogP contribution >= 0.6 is 11.8 Å². The largest absolute Gasteiger partial charge is 0.394 e. The number of aliphatic hydroxyl groups excluding tert-OH is 2. The zero-order valence-electron chi connectivity index (χ0n) is 9.49. The summed E-state index contributed by atoms with van der Waals surface area (Å²) in [4.78, 5) is 0. The minimum absolute atomic E-state index is 0.175. The van der Waals surface area contributed by atoms with Gasteiger partial charge in [0, 0.05) is 11.2 Å². The highest BCUT2D eigenvalue weighted by Crippen LogP contribution is 2.23. The van der Waals surface area contributed by atoms with Crippen LogP contribution in [0.15, 0.2) is 0 Å². The summed E-state index contributed by atoms with van der Waals surface area (Å²) < 4.78 is 0. The van der Waals surface area contributed by atoms with Crippen LogP contribution in [0.4, 0.5) is 0 Å². The van der Waals surface area contributed by atoms with Crippen LogP contribution in [0.2, 0.25) is 0 Å². The first-order valence-corrected chi connectivity index (χ1v) is 6.27. The van der Waals surface area contributed by atoms with Gasteiger partial charge in [-0.2, -0.15) is 11.8 Å². The minimum atomic E-state index is -0.615. The maximum Gasteiger partial charge on any atom is 0.0963 e. The van der Waals surface area contributed by atoms with E-state index >= 15 is 0 Å². The van der Waals surface area contributed by atoms with Crippen molar-refractivity contribution < 1.29 is 10.2 Å². The molecule has 0 aromatic rings. The monoisotopic (exact) mass is 234 g/mol. The highest BCUT2D eigenvalue weighted by Gasteiger charge is 2.20. The lowest BCUT2D eigenvalue weighted by Crippen LogP contribution is -2.30. The molecule has 0 aliphatic carbocycles. The summed E-state index contributed by atoms with van der Waals surface area (Å²) in [6, 6.07) is 0. The second-order valence-electron chi connectivity index (χ2n) is 4.31. The zero-order chi connectivity index (χ0) is 11.9. The third-order valence-corrected chi connectivity index (χ3v) is 3.54. The highest BCUT2D eigenvalue weighted by atomic mass is 32.2. The summed E-state index contributed by atoms with van der Waals surface area (Å²) >= 11 is 1.62. The fourth-order valence-electron chi connectivity index (χ4n) is 1.02. The van der Waals surface area contributed by atoms with E-state index in [1.807, 2.05) is 13.8 Å². The summed E-state index contributed by atoms with van der Waals surface area (Å²) in [5.74, 6) is 1.72. The van der Waals surface area contributed by atoms with Crippen molar-refractivity contribution in [3.8, 4) is 0 Å². The van der Waals surface area contributed by atoms with Crippen LogP contribution in [-0.4, -0.2) is 40.3 Å². The minimum Gasteiger partial charge on any atom is -0.394 e. The molecule has 1 unspecified atom stereocenters. The Balaban J connectivity index is 3.51. The molecule has 0 amide bonds. The summed E-state index contributed by atoms with van der Waals surface area (Å²) in [5.41, 5.74) is 5.23. The van der Waals surface area contributed by atoms with E-state index in [2.05, 4.69) is 0 Å². The lowest BCUT2D eigenvalue weighted by Gasteiger charge is -2.22. The number of hydrogen-bond donors (Lipinski definition) is 4. The zero-order valence-corrected chi connectivity index (χ0v) is 10.3. The first-order valence-electron chi connectivity index (χ1n) is 5.11. The van der Waals surface area contributed by atoms with Gasteiger partial charge in [-0.3, -0.25) is 5.41 Å². The predicted octanol–water partition coefficient (Wildman–Crippen LogP) is 0.815.